The summed E-state index contributed by atoms with van der Waals surface area (Å²) in [5.41, 5.74) is 5.44. The number of imidazole rings is 1. The number of aromatic nitrogens is 4. The van der Waals surface area contributed by atoms with Gasteiger partial charge in [0.1, 0.15) is 17.7 Å². The summed E-state index contributed by atoms with van der Waals surface area (Å²) in [7, 11) is -4.16. The summed E-state index contributed by atoms with van der Waals surface area (Å²) in [6.45, 7) is 1.59. The first-order valence-electron chi connectivity index (χ1n) is 6.24. The lowest BCUT2D eigenvalue weighted by Crippen LogP contribution is -2.30. The second-order valence-corrected chi connectivity index (χ2v) is 6.45. The molecule has 2 aromatic heterocycles. The van der Waals surface area contributed by atoms with Gasteiger partial charge >= 0.3 is 0 Å². The predicted octanol–water partition coefficient (Wildman–Crippen LogP) is -2.30. The maximum atomic E-state index is 11.6. The summed E-state index contributed by atoms with van der Waals surface area (Å²) in [6.07, 6.45) is -2.72. The number of aliphatic hydroxyl groups is 2. The van der Waals surface area contributed by atoms with Gasteiger partial charge in [-0.25, -0.2) is 18.5 Å². The molecule has 22 heavy (non-hydrogen) atoms. The van der Waals surface area contributed by atoms with Gasteiger partial charge in [-0.15, -0.1) is 0 Å². The van der Waals surface area contributed by atoms with Gasteiger partial charge < -0.3 is 20.7 Å². The molecule has 3 heterocycles. The number of aliphatic hydroxyl groups excluding tert-OH is 2. The van der Waals surface area contributed by atoms with E-state index >= 15 is 0 Å². The second kappa shape index (κ2) is 4.82. The minimum atomic E-state index is -4.16. The average Bonchev–Trinajstić information content (AvgIpc) is 2.93. The van der Waals surface area contributed by atoms with Gasteiger partial charge in [0.05, 0.1) is 12.4 Å². The van der Waals surface area contributed by atoms with E-state index in [0.717, 1.165) is 0 Å². The van der Waals surface area contributed by atoms with Crippen molar-refractivity contribution >= 4 is 27.1 Å². The number of nitrogen functional groups attached to an aromatic ring is 1. The molecule has 1 aliphatic rings. The van der Waals surface area contributed by atoms with Crippen LogP contribution in [0.25, 0.3) is 11.2 Å². The first-order valence-corrected chi connectivity index (χ1v) is 7.79. The number of hydrogen-bond acceptors (Lipinski definition) is 9. The molecule has 11 nitrogen and oxygen atoms in total. The van der Waals surface area contributed by atoms with Crippen molar-refractivity contribution in [1.82, 2.24) is 19.5 Å². The van der Waals surface area contributed by atoms with Crippen LogP contribution in [0.15, 0.2) is 11.4 Å². The van der Waals surface area contributed by atoms with E-state index in [4.69, 9.17) is 15.6 Å². The number of fused-ring (bicyclic) bond motifs is 1. The summed E-state index contributed by atoms with van der Waals surface area (Å²) < 4.78 is 29.8. The van der Waals surface area contributed by atoms with E-state index in [9.17, 15) is 18.6 Å². The summed E-state index contributed by atoms with van der Waals surface area (Å²) >= 11 is 0. The van der Waals surface area contributed by atoms with Gasteiger partial charge in [-0.3, -0.25) is 4.57 Å². The predicted molar refractivity (Wildman–Crippen MR) is 72.7 cm³/mol. The van der Waals surface area contributed by atoms with Crippen LogP contribution in [0.4, 0.5) is 5.95 Å². The van der Waals surface area contributed by atoms with E-state index in [1.165, 1.54) is 10.9 Å². The molecule has 0 amide bonds. The van der Waals surface area contributed by atoms with Crippen molar-refractivity contribution in [3.63, 3.8) is 0 Å². The van der Waals surface area contributed by atoms with Crippen LogP contribution >= 0.6 is 0 Å². The molecule has 1 aliphatic heterocycles. The number of nitrogens with zero attached hydrogens (tertiary/aromatic N) is 4. The van der Waals surface area contributed by atoms with Crippen LogP contribution in [0, 0.1) is 0 Å². The summed E-state index contributed by atoms with van der Waals surface area (Å²) in [5, 5.41) is 24.3. The SMILES string of the molecule is C[C@H]1O[C@@H](n2cnc3c(S(N)(=O)=O)nc(N)nc32)[C@H](O)[C@@H]1O. The Hall–Kier alpha value is -1.86. The number of anilines is 1. The van der Waals surface area contributed by atoms with Crippen molar-refractivity contribution in [2.75, 3.05) is 5.73 Å². The van der Waals surface area contributed by atoms with Gasteiger partial charge in [0.25, 0.3) is 10.0 Å². The van der Waals surface area contributed by atoms with Crippen LogP contribution in [-0.4, -0.2) is 56.5 Å². The summed E-state index contributed by atoms with van der Waals surface area (Å²) in [4.78, 5) is 11.4. The molecule has 6 N–H and O–H groups in total. The zero-order valence-corrected chi connectivity index (χ0v) is 12.2. The van der Waals surface area contributed by atoms with Gasteiger partial charge in [-0.2, -0.15) is 9.97 Å². The minimum Gasteiger partial charge on any atom is -0.388 e. The van der Waals surface area contributed by atoms with Gasteiger partial charge in [-0.05, 0) is 6.92 Å². The quantitative estimate of drug-likeness (QED) is 0.440. The zero-order chi connectivity index (χ0) is 16.2. The zero-order valence-electron chi connectivity index (χ0n) is 11.4. The van der Waals surface area contributed by atoms with E-state index in [2.05, 4.69) is 15.0 Å². The lowest BCUT2D eigenvalue weighted by atomic mass is 10.1. The Bertz CT molecular complexity index is 836. The molecule has 3 rings (SSSR count). The van der Waals surface area contributed by atoms with E-state index in [-0.39, 0.29) is 17.1 Å². The molecule has 0 saturated carbocycles. The largest absolute Gasteiger partial charge is 0.388 e. The van der Waals surface area contributed by atoms with Crippen LogP contribution in [0.5, 0.6) is 0 Å². The van der Waals surface area contributed by atoms with Crippen LogP contribution in [0.3, 0.4) is 0 Å². The highest BCUT2D eigenvalue weighted by Gasteiger charge is 2.42. The van der Waals surface area contributed by atoms with E-state index in [1.807, 2.05) is 0 Å². The normalized spacial score (nSPS) is 29.3. The topological polar surface area (TPSA) is 179 Å². The van der Waals surface area contributed by atoms with Crippen molar-refractivity contribution < 1.29 is 23.4 Å². The third kappa shape index (κ3) is 2.21. The molecule has 4 atom stereocenters. The fourth-order valence-corrected chi connectivity index (χ4v) is 2.98. The molecule has 2 aromatic rings. The van der Waals surface area contributed by atoms with Gasteiger partial charge in [0, 0.05) is 0 Å². The maximum absolute atomic E-state index is 11.6. The van der Waals surface area contributed by atoms with Crippen molar-refractivity contribution in [3.8, 4) is 0 Å². The van der Waals surface area contributed by atoms with Crippen molar-refractivity contribution in [1.29, 1.82) is 0 Å². The standard InChI is InChI=1S/C10H14N6O5S/c1-3-5(17)6(18)9(21-3)16-2-13-4-7(16)14-10(11)15-8(4)22(12,19)20/h2-3,5-6,9,17-18H,1H3,(H2,11,14,15)(H2,12,19,20)/t3-,5-,6-,9-/m1/s1. The Kier molecular flexibility index (Phi) is 3.30. The lowest BCUT2D eigenvalue weighted by molar-refractivity contribution is -0.0299. The Morgan fingerprint density at radius 1 is 1.32 bits per heavy atom. The number of sulfonamides is 1. The third-order valence-corrected chi connectivity index (χ3v) is 4.25. The highest BCUT2D eigenvalue weighted by atomic mass is 32.2. The molecule has 0 unspecified atom stereocenters. The number of nitrogens with two attached hydrogens (primary N) is 2. The Morgan fingerprint density at radius 3 is 2.55 bits per heavy atom. The molecule has 0 bridgehead atoms. The highest BCUT2D eigenvalue weighted by molar-refractivity contribution is 7.89. The smallest absolute Gasteiger partial charge is 0.258 e. The first kappa shape index (κ1) is 15.1. The van der Waals surface area contributed by atoms with Gasteiger partial charge in [-0.1, -0.05) is 0 Å². The fourth-order valence-electron chi connectivity index (χ4n) is 2.35. The Balaban J connectivity index is 2.20. The average molecular weight is 330 g/mol. The number of primary sulfonamides is 1. The molecule has 0 radical (unpaired) electrons. The fraction of sp³-hybridized carbons (Fsp3) is 0.500. The summed E-state index contributed by atoms with van der Waals surface area (Å²) in [5.74, 6) is -0.320. The van der Waals surface area contributed by atoms with Crippen LogP contribution in [-0.2, 0) is 14.8 Å². The maximum Gasteiger partial charge on any atom is 0.258 e. The molecular weight excluding hydrogens is 316 g/mol. The van der Waals surface area contributed by atoms with Gasteiger partial charge in [0.15, 0.2) is 11.9 Å². The highest BCUT2D eigenvalue weighted by Crippen LogP contribution is 2.32. The minimum absolute atomic E-state index is 0.0295. The molecule has 120 valence electrons. The van der Waals surface area contributed by atoms with Crippen molar-refractivity contribution in [3.05, 3.63) is 6.33 Å². The summed E-state index contributed by atoms with van der Waals surface area (Å²) in [6, 6.07) is 0. The molecule has 1 fully saturated rings. The first-order chi connectivity index (χ1) is 10.2. The van der Waals surface area contributed by atoms with Crippen molar-refractivity contribution in [2.24, 2.45) is 5.14 Å². The molecular formula is C10H14N6O5S. The van der Waals surface area contributed by atoms with Gasteiger partial charge in [0.2, 0.25) is 11.0 Å². The second-order valence-electron chi connectivity index (χ2n) is 4.97. The molecule has 0 spiro atoms. The van der Waals surface area contributed by atoms with Crippen LogP contribution < -0.4 is 10.9 Å². The number of rotatable bonds is 2. The Labute approximate surface area is 124 Å². The van der Waals surface area contributed by atoms with Crippen LogP contribution in [0.2, 0.25) is 0 Å². The molecule has 0 aromatic carbocycles. The third-order valence-electron chi connectivity index (χ3n) is 3.43. The Morgan fingerprint density at radius 2 is 2.00 bits per heavy atom. The monoisotopic (exact) mass is 330 g/mol. The van der Waals surface area contributed by atoms with E-state index < -0.39 is 39.6 Å². The van der Waals surface area contributed by atoms with E-state index in [1.54, 1.807) is 6.92 Å². The van der Waals surface area contributed by atoms with Crippen molar-refractivity contribution in [2.45, 2.75) is 36.5 Å². The lowest BCUT2D eigenvalue weighted by Gasteiger charge is -2.16. The van der Waals surface area contributed by atoms with Crippen LogP contribution in [0.1, 0.15) is 13.2 Å². The number of ether oxygens (including phenoxy) is 1. The molecule has 12 heteroatoms. The molecule has 1 saturated heterocycles. The molecule has 0 aliphatic carbocycles. The van der Waals surface area contributed by atoms with E-state index in [0.29, 0.717) is 0 Å². The number of hydrogen-bond donors (Lipinski definition) is 4.